The molecule has 124 valence electrons. The number of carbonyl (C=O) groups is 3. The van der Waals surface area contributed by atoms with E-state index in [1.807, 2.05) is 33.0 Å². The number of carbonyl (C=O) groups excluding carboxylic acids is 2. The molecule has 0 aromatic rings. The lowest BCUT2D eigenvalue weighted by molar-refractivity contribution is -0.138. The number of aliphatic carboxylic acids is 1. The minimum atomic E-state index is -0.913. The Morgan fingerprint density at radius 2 is 1.67 bits per heavy atom. The van der Waals surface area contributed by atoms with Gasteiger partial charge in [0.15, 0.2) is 0 Å². The van der Waals surface area contributed by atoms with Gasteiger partial charge in [-0.1, -0.05) is 43.6 Å². The molecule has 0 saturated heterocycles. The van der Waals surface area contributed by atoms with E-state index in [2.05, 4.69) is 15.9 Å². The van der Waals surface area contributed by atoms with Crippen molar-refractivity contribution in [2.45, 2.75) is 57.3 Å². The summed E-state index contributed by atoms with van der Waals surface area (Å²) >= 11 is 3.26. The van der Waals surface area contributed by atoms with Crippen LogP contribution in [0.25, 0.3) is 0 Å². The molecule has 0 radical (unpaired) electrons. The highest BCUT2D eigenvalue weighted by atomic mass is 79.9. The number of carboxylic acids is 1. The summed E-state index contributed by atoms with van der Waals surface area (Å²) in [6.45, 7) is 7.61. The first-order valence-corrected chi connectivity index (χ1v) is 7.57. The standard InChI is InChI=1S/C7H13BrN2O2.C6H13NO2/c1-3-7(8,4-2)5(11)10-6(9)12;1-4(2)3-5(7)6(8)9/h3-4H2,1-2H3,(H3,9,10,11,12);4-5H,3,7H2,1-2H3,(H,8,9)/t;5-/m.0/s1. The molecule has 7 nitrogen and oxygen atoms in total. The number of urea groups is 1. The number of amides is 3. The second-order valence-electron chi connectivity index (χ2n) is 5.07. The SMILES string of the molecule is CC(C)C[C@H](N)C(=O)O.CCC(Br)(CC)C(=O)NC(N)=O. The van der Waals surface area contributed by atoms with Gasteiger partial charge in [0.05, 0.1) is 0 Å². The van der Waals surface area contributed by atoms with Crippen molar-refractivity contribution in [2.24, 2.45) is 17.4 Å². The number of nitrogens with one attached hydrogen (secondary N) is 1. The largest absolute Gasteiger partial charge is 0.480 e. The monoisotopic (exact) mass is 367 g/mol. The van der Waals surface area contributed by atoms with Crippen LogP contribution >= 0.6 is 15.9 Å². The highest BCUT2D eigenvalue weighted by molar-refractivity contribution is 9.10. The summed E-state index contributed by atoms with van der Waals surface area (Å²) in [5.74, 6) is -0.931. The predicted molar refractivity (Wildman–Crippen MR) is 85.0 cm³/mol. The molecular formula is C13H26BrN3O4. The zero-order valence-electron chi connectivity index (χ0n) is 13.0. The second kappa shape index (κ2) is 10.6. The van der Waals surface area contributed by atoms with Crippen LogP contribution < -0.4 is 16.8 Å². The van der Waals surface area contributed by atoms with Crippen molar-refractivity contribution in [3.63, 3.8) is 0 Å². The fraction of sp³-hybridized carbons (Fsp3) is 0.769. The van der Waals surface area contributed by atoms with Crippen molar-refractivity contribution >= 4 is 33.8 Å². The van der Waals surface area contributed by atoms with Crippen molar-refractivity contribution in [3.8, 4) is 0 Å². The van der Waals surface area contributed by atoms with Gasteiger partial charge in [-0.2, -0.15) is 0 Å². The number of halogens is 1. The number of nitrogens with two attached hydrogens (primary N) is 2. The van der Waals surface area contributed by atoms with Gasteiger partial charge in [0, 0.05) is 0 Å². The van der Waals surface area contributed by atoms with Gasteiger partial charge < -0.3 is 16.6 Å². The smallest absolute Gasteiger partial charge is 0.320 e. The van der Waals surface area contributed by atoms with Crippen molar-refractivity contribution in [3.05, 3.63) is 0 Å². The molecule has 0 bridgehead atoms. The molecular weight excluding hydrogens is 342 g/mol. The van der Waals surface area contributed by atoms with Crippen LogP contribution in [0.1, 0.15) is 47.0 Å². The summed E-state index contributed by atoms with van der Waals surface area (Å²) < 4.78 is -0.665. The summed E-state index contributed by atoms with van der Waals surface area (Å²) in [5, 5.41) is 10.3. The zero-order valence-corrected chi connectivity index (χ0v) is 14.6. The molecule has 0 fully saturated rings. The van der Waals surface area contributed by atoms with Crippen LogP contribution in [0.15, 0.2) is 0 Å². The second-order valence-corrected chi connectivity index (χ2v) is 6.58. The lowest BCUT2D eigenvalue weighted by Crippen LogP contribution is -2.46. The van der Waals surface area contributed by atoms with Gasteiger partial charge in [-0.05, 0) is 25.2 Å². The molecule has 0 aliphatic carbocycles. The van der Waals surface area contributed by atoms with Crippen LogP contribution in [-0.2, 0) is 9.59 Å². The molecule has 0 aliphatic rings. The molecule has 8 heteroatoms. The minimum absolute atomic E-state index is 0.357. The fourth-order valence-electron chi connectivity index (χ4n) is 1.40. The Labute approximate surface area is 134 Å². The van der Waals surface area contributed by atoms with Crippen LogP contribution in [0, 0.1) is 5.92 Å². The first-order chi connectivity index (χ1) is 9.50. The van der Waals surface area contributed by atoms with E-state index in [4.69, 9.17) is 16.6 Å². The van der Waals surface area contributed by atoms with E-state index in [-0.39, 0.29) is 5.91 Å². The van der Waals surface area contributed by atoms with E-state index in [0.29, 0.717) is 25.2 Å². The maximum Gasteiger partial charge on any atom is 0.320 e. The van der Waals surface area contributed by atoms with Crippen LogP contribution in [0.5, 0.6) is 0 Å². The number of hydrogen-bond acceptors (Lipinski definition) is 4. The maximum absolute atomic E-state index is 11.3. The average Bonchev–Trinajstić information content (AvgIpc) is 2.36. The average molecular weight is 368 g/mol. The summed E-state index contributed by atoms with van der Waals surface area (Å²) in [6.07, 6.45) is 1.78. The first kappa shape index (κ1) is 22.1. The van der Waals surface area contributed by atoms with Gasteiger partial charge in [0.25, 0.3) is 0 Å². The van der Waals surface area contributed by atoms with Crippen molar-refractivity contribution < 1.29 is 19.5 Å². The van der Waals surface area contributed by atoms with E-state index in [9.17, 15) is 14.4 Å². The third-order valence-corrected chi connectivity index (χ3v) is 4.29. The summed E-state index contributed by atoms with van der Waals surface area (Å²) in [5.41, 5.74) is 10.0. The van der Waals surface area contributed by atoms with Crippen molar-refractivity contribution in [2.75, 3.05) is 0 Å². The van der Waals surface area contributed by atoms with Gasteiger partial charge in [-0.3, -0.25) is 14.9 Å². The summed E-state index contributed by atoms with van der Waals surface area (Å²) in [4.78, 5) is 31.7. The Morgan fingerprint density at radius 3 is 1.86 bits per heavy atom. The third kappa shape index (κ3) is 10.3. The van der Waals surface area contributed by atoms with E-state index < -0.39 is 22.4 Å². The number of imide groups is 1. The molecule has 0 aliphatic heterocycles. The minimum Gasteiger partial charge on any atom is -0.480 e. The molecule has 0 rings (SSSR count). The van der Waals surface area contributed by atoms with Crippen LogP contribution in [0.3, 0.4) is 0 Å². The van der Waals surface area contributed by atoms with E-state index >= 15 is 0 Å². The fourth-order valence-corrected chi connectivity index (χ4v) is 1.50. The van der Waals surface area contributed by atoms with Gasteiger partial charge in [0.2, 0.25) is 5.91 Å². The lowest BCUT2D eigenvalue weighted by Gasteiger charge is -2.21. The topological polar surface area (TPSA) is 136 Å². The van der Waals surface area contributed by atoms with Crippen LogP contribution in [0.2, 0.25) is 0 Å². The van der Waals surface area contributed by atoms with E-state index in [0.717, 1.165) is 0 Å². The molecule has 0 heterocycles. The Morgan fingerprint density at radius 1 is 1.24 bits per heavy atom. The van der Waals surface area contributed by atoms with Gasteiger partial charge >= 0.3 is 12.0 Å². The van der Waals surface area contributed by atoms with Crippen LogP contribution in [-0.4, -0.2) is 33.4 Å². The Hall–Kier alpha value is -1.15. The van der Waals surface area contributed by atoms with Crippen molar-refractivity contribution in [1.29, 1.82) is 0 Å². The van der Waals surface area contributed by atoms with Gasteiger partial charge in [0.1, 0.15) is 10.4 Å². The Bertz CT molecular complexity index is 357. The molecule has 21 heavy (non-hydrogen) atoms. The number of rotatable bonds is 6. The quantitative estimate of drug-likeness (QED) is 0.528. The van der Waals surface area contributed by atoms with Gasteiger partial charge in [-0.15, -0.1) is 0 Å². The zero-order chi connectivity index (χ0) is 17.2. The molecule has 0 aromatic heterocycles. The van der Waals surface area contributed by atoms with E-state index in [1.54, 1.807) is 0 Å². The predicted octanol–water partition coefficient (Wildman–Crippen LogP) is 1.58. The molecule has 0 aromatic carbocycles. The summed E-state index contributed by atoms with van der Waals surface area (Å²) in [7, 11) is 0. The summed E-state index contributed by atoms with van der Waals surface area (Å²) in [6, 6.07) is -1.50. The molecule has 0 saturated carbocycles. The highest BCUT2D eigenvalue weighted by Gasteiger charge is 2.32. The number of primary amides is 1. The van der Waals surface area contributed by atoms with Gasteiger partial charge in [-0.25, -0.2) is 4.79 Å². The normalized spacial score (nSPS) is 12.1. The molecule has 3 amide bonds. The van der Waals surface area contributed by atoms with Crippen LogP contribution in [0.4, 0.5) is 4.79 Å². The molecule has 0 spiro atoms. The first-order valence-electron chi connectivity index (χ1n) is 6.78. The maximum atomic E-state index is 11.3. The lowest BCUT2D eigenvalue weighted by atomic mass is 10.0. The van der Waals surface area contributed by atoms with E-state index in [1.165, 1.54) is 0 Å². The number of hydrogen-bond donors (Lipinski definition) is 4. The Kier molecular flexibility index (Phi) is 11.1. The molecule has 6 N–H and O–H groups in total. The molecule has 0 unspecified atom stereocenters. The van der Waals surface area contributed by atoms with Crippen molar-refractivity contribution in [1.82, 2.24) is 5.32 Å². The Balaban J connectivity index is 0. The third-order valence-electron chi connectivity index (χ3n) is 2.81. The number of carboxylic acid groups (broad SMARTS) is 1. The molecule has 1 atom stereocenters. The highest BCUT2D eigenvalue weighted by Crippen LogP contribution is 2.26. The number of alkyl halides is 1.